The Balaban J connectivity index is 1.30. The molecule has 4 rings (SSSR count). The van der Waals surface area contributed by atoms with Gasteiger partial charge < -0.3 is 14.2 Å². The molecular weight excluding hydrogens is 440 g/mol. The molecule has 1 aromatic carbocycles. The molecule has 0 fully saturated rings. The zero-order valence-corrected chi connectivity index (χ0v) is 18.3. The number of imidazole rings is 1. The topological polar surface area (TPSA) is 104 Å². The van der Waals surface area contributed by atoms with E-state index in [0.29, 0.717) is 28.0 Å². The van der Waals surface area contributed by atoms with Gasteiger partial charge in [0.2, 0.25) is 0 Å². The minimum atomic E-state index is -0.522. The zero-order chi connectivity index (χ0) is 21.8. The van der Waals surface area contributed by atoms with Crippen LogP contribution in [0.3, 0.4) is 0 Å². The first-order chi connectivity index (χ1) is 15.1. The van der Waals surface area contributed by atoms with Crippen molar-refractivity contribution in [2.45, 2.75) is 6.42 Å². The van der Waals surface area contributed by atoms with Crippen molar-refractivity contribution in [3.63, 3.8) is 0 Å². The van der Waals surface area contributed by atoms with Crippen LogP contribution in [-0.4, -0.2) is 47.1 Å². The fourth-order valence-corrected chi connectivity index (χ4v) is 4.28. The normalized spacial score (nSPS) is 10.8. The molecule has 0 atom stereocenters. The van der Waals surface area contributed by atoms with Crippen molar-refractivity contribution in [1.82, 2.24) is 14.4 Å². The molecule has 1 amide bonds. The standard InChI is InChI=1S/C20H18N4O5S2/c1-27-15-4-3-12(7-16(15)28-2)14-11-31-19(22-14)23-17(25)10-29-18(26)8-13-9-24-5-6-30-20(24)21-13/h3-7,9,11H,8,10H2,1-2H3,(H,22,23,25). The van der Waals surface area contributed by atoms with Crippen LogP contribution in [0.1, 0.15) is 5.69 Å². The first-order valence-corrected chi connectivity index (χ1v) is 10.9. The lowest BCUT2D eigenvalue weighted by Crippen LogP contribution is -2.21. The molecular formula is C20H18N4O5S2. The maximum Gasteiger partial charge on any atom is 0.312 e. The Bertz CT molecular complexity index is 1200. The van der Waals surface area contributed by atoms with E-state index >= 15 is 0 Å². The largest absolute Gasteiger partial charge is 0.493 e. The number of nitrogens with zero attached hydrogens (tertiary/aromatic N) is 3. The average Bonchev–Trinajstić information content (AvgIpc) is 3.48. The molecule has 0 aliphatic carbocycles. The van der Waals surface area contributed by atoms with E-state index < -0.39 is 18.5 Å². The molecule has 0 bridgehead atoms. The van der Waals surface area contributed by atoms with Crippen molar-refractivity contribution < 1.29 is 23.8 Å². The van der Waals surface area contributed by atoms with Gasteiger partial charge in [-0.15, -0.1) is 22.7 Å². The lowest BCUT2D eigenvalue weighted by Gasteiger charge is -2.08. The van der Waals surface area contributed by atoms with Gasteiger partial charge in [0.15, 0.2) is 28.2 Å². The van der Waals surface area contributed by atoms with Gasteiger partial charge in [-0.1, -0.05) is 0 Å². The molecule has 0 saturated carbocycles. The van der Waals surface area contributed by atoms with Gasteiger partial charge in [-0.05, 0) is 18.2 Å². The Morgan fingerprint density at radius 1 is 1.13 bits per heavy atom. The van der Waals surface area contributed by atoms with Crippen molar-refractivity contribution in [3.05, 3.63) is 47.0 Å². The molecule has 0 radical (unpaired) electrons. The number of anilines is 1. The number of esters is 1. The third kappa shape index (κ3) is 4.84. The number of aromatic nitrogens is 3. The van der Waals surface area contributed by atoms with Gasteiger partial charge in [0, 0.05) is 28.7 Å². The van der Waals surface area contributed by atoms with Gasteiger partial charge in [-0.2, -0.15) is 0 Å². The van der Waals surface area contributed by atoms with E-state index in [-0.39, 0.29) is 6.42 Å². The quantitative estimate of drug-likeness (QED) is 0.404. The highest BCUT2D eigenvalue weighted by Crippen LogP contribution is 2.33. The Kier molecular flexibility index (Phi) is 6.14. The summed E-state index contributed by atoms with van der Waals surface area (Å²) in [5.74, 6) is 0.216. The summed E-state index contributed by atoms with van der Waals surface area (Å²) in [5, 5.41) is 6.76. The molecule has 0 aliphatic heterocycles. The zero-order valence-electron chi connectivity index (χ0n) is 16.7. The fraction of sp³-hybridized carbons (Fsp3) is 0.200. The number of nitrogens with one attached hydrogen (secondary N) is 1. The number of benzene rings is 1. The van der Waals surface area contributed by atoms with Gasteiger partial charge in [0.25, 0.3) is 5.91 Å². The maximum absolute atomic E-state index is 12.1. The van der Waals surface area contributed by atoms with Crippen LogP contribution < -0.4 is 14.8 Å². The summed E-state index contributed by atoms with van der Waals surface area (Å²) in [4.78, 5) is 33.6. The summed E-state index contributed by atoms with van der Waals surface area (Å²) in [6.07, 6.45) is 3.63. The SMILES string of the molecule is COc1ccc(-c2csc(NC(=O)COC(=O)Cc3cn4ccsc4n3)n2)cc1OC. The second-order valence-corrected chi connectivity index (χ2v) is 8.05. The van der Waals surface area contributed by atoms with E-state index in [4.69, 9.17) is 14.2 Å². The average molecular weight is 459 g/mol. The van der Waals surface area contributed by atoms with Crippen LogP contribution in [0.5, 0.6) is 11.5 Å². The number of carbonyl (C=O) groups excluding carboxylic acids is 2. The number of fused-ring (bicyclic) bond motifs is 1. The van der Waals surface area contributed by atoms with Crippen LogP contribution in [0.2, 0.25) is 0 Å². The molecule has 4 aromatic rings. The summed E-state index contributed by atoms with van der Waals surface area (Å²) >= 11 is 2.74. The molecule has 3 heterocycles. The number of rotatable bonds is 8. The summed E-state index contributed by atoms with van der Waals surface area (Å²) in [6.45, 7) is -0.397. The van der Waals surface area contributed by atoms with Gasteiger partial charge in [-0.25, -0.2) is 9.97 Å². The molecule has 31 heavy (non-hydrogen) atoms. The number of hydrogen-bond acceptors (Lipinski definition) is 9. The minimum Gasteiger partial charge on any atom is -0.493 e. The summed E-state index contributed by atoms with van der Waals surface area (Å²) < 4.78 is 17.4. The van der Waals surface area contributed by atoms with E-state index in [1.807, 2.05) is 27.4 Å². The van der Waals surface area contributed by atoms with Crippen LogP contribution in [-0.2, 0) is 20.7 Å². The first-order valence-electron chi connectivity index (χ1n) is 9.10. The number of ether oxygens (including phenoxy) is 3. The molecule has 3 aromatic heterocycles. The molecule has 160 valence electrons. The van der Waals surface area contributed by atoms with Crippen LogP contribution in [0, 0.1) is 0 Å². The maximum atomic E-state index is 12.1. The number of carbonyl (C=O) groups is 2. The van der Waals surface area contributed by atoms with E-state index in [0.717, 1.165) is 10.5 Å². The first kappa shape index (κ1) is 20.8. The number of methoxy groups -OCH3 is 2. The molecule has 9 nitrogen and oxygen atoms in total. The molecule has 0 spiro atoms. The highest BCUT2D eigenvalue weighted by molar-refractivity contribution is 7.15. The third-order valence-electron chi connectivity index (χ3n) is 4.26. The third-order valence-corrected chi connectivity index (χ3v) is 5.79. The molecule has 0 saturated heterocycles. The predicted octanol–water partition coefficient (Wildman–Crippen LogP) is 3.26. The van der Waals surface area contributed by atoms with Crippen LogP contribution in [0.4, 0.5) is 5.13 Å². The van der Waals surface area contributed by atoms with E-state index in [1.165, 1.54) is 22.7 Å². The van der Waals surface area contributed by atoms with E-state index in [2.05, 4.69) is 15.3 Å². The number of thiazole rings is 2. The smallest absolute Gasteiger partial charge is 0.312 e. The van der Waals surface area contributed by atoms with Gasteiger partial charge in [0.1, 0.15) is 0 Å². The highest BCUT2D eigenvalue weighted by Gasteiger charge is 2.14. The lowest BCUT2D eigenvalue weighted by molar-refractivity contribution is -0.146. The lowest BCUT2D eigenvalue weighted by atomic mass is 10.1. The highest BCUT2D eigenvalue weighted by atomic mass is 32.1. The van der Waals surface area contributed by atoms with Gasteiger partial charge >= 0.3 is 5.97 Å². The van der Waals surface area contributed by atoms with Gasteiger partial charge in [0.05, 0.1) is 32.0 Å². The van der Waals surface area contributed by atoms with Crippen LogP contribution in [0.15, 0.2) is 41.4 Å². The predicted molar refractivity (Wildman–Crippen MR) is 117 cm³/mol. The van der Waals surface area contributed by atoms with Gasteiger partial charge in [-0.3, -0.25) is 19.3 Å². The molecule has 1 N–H and O–H groups in total. The second kappa shape index (κ2) is 9.14. The van der Waals surface area contributed by atoms with Crippen molar-refractivity contribution in [3.8, 4) is 22.8 Å². The molecule has 0 unspecified atom stereocenters. The van der Waals surface area contributed by atoms with Crippen LogP contribution >= 0.6 is 22.7 Å². The number of hydrogen-bond donors (Lipinski definition) is 1. The van der Waals surface area contributed by atoms with Crippen molar-refractivity contribution in [2.24, 2.45) is 0 Å². The molecule has 11 heteroatoms. The fourth-order valence-electron chi connectivity index (χ4n) is 2.82. The Hall–Kier alpha value is -3.44. The second-order valence-electron chi connectivity index (χ2n) is 6.32. The number of amides is 1. The minimum absolute atomic E-state index is 0.00236. The van der Waals surface area contributed by atoms with Crippen molar-refractivity contribution in [2.75, 3.05) is 26.1 Å². The van der Waals surface area contributed by atoms with Crippen molar-refractivity contribution in [1.29, 1.82) is 0 Å². The summed E-state index contributed by atoms with van der Waals surface area (Å²) in [7, 11) is 3.13. The molecule has 0 aliphatic rings. The van der Waals surface area contributed by atoms with E-state index in [9.17, 15) is 9.59 Å². The Morgan fingerprint density at radius 2 is 1.97 bits per heavy atom. The van der Waals surface area contributed by atoms with Crippen molar-refractivity contribution >= 4 is 44.6 Å². The Labute approximate surface area is 185 Å². The summed E-state index contributed by atoms with van der Waals surface area (Å²) in [6, 6.07) is 5.44. The van der Waals surface area contributed by atoms with E-state index in [1.54, 1.807) is 32.5 Å². The van der Waals surface area contributed by atoms with Crippen LogP contribution in [0.25, 0.3) is 16.2 Å². The summed E-state index contributed by atoms with van der Waals surface area (Å²) in [5.41, 5.74) is 2.09. The Morgan fingerprint density at radius 3 is 2.74 bits per heavy atom. The monoisotopic (exact) mass is 458 g/mol.